The Balaban J connectivity index is 4.01. The highest BCUT2D eigenvalue weighted by molar-refractivity contribution is 5.71. The highest BCUT2D eigenvalue weighted by Gasteiger charge is 2.25. The molecule has 0 aromatic rings. The van der Waals surface area contributed by atoms with E-state index in [2.05, 4.69) is 86.8 Å². The molecule has 1 N–H and O–H groups in total. The third kappa shape index (κ3) is 74.1. The van der Waals surface area contributed by atoms with Crippen molar-refractivity contribution in [1.29, 1.82) is 0 Å². The third-order valence-electron chi connectivity index (χ3n) is 17.7. The summed E-state index contributed by atoms with van der Waals surface area (Å²) in [6.45, 7) is 4.83. The monoisotopic (exact) mass is 1290 g/mol. The van der Waals surface area contributed by atoms with Crippen LogP contribution in [0.3, 0.4) is 0 Å². The van der Waals surface area contributed by atoms with E-state index in [0.29, 0.717) is 17.4 Å². The summed E-state index contributed by atoms with van der Waals surface area (Å²) in [5, 5.41) is 9.77. The first-order chi connectivity index (χ1) is 45.1. The van der Waals surface area contributed by atoms with Gasteiger partial charge in [-0.25, -0.2) is 4.79 Å². The quantitative estimate of drug-likeness (QED) is 0.0211. The standard InChI is InChI=1S/C83H151NO8/c1-6-8-10-12-14-16-18-20-22-24-26-28-30-32-34-36-38-40-42-43-45-47-49-51-53-55-57-59-61-63-65-67-69-71-73-80(85)90-77-79(78-91-83(82(87)88)89-76-75-84(3,4)5)92-81(86)74-72-70-68-66-64-62-60-58-56-54-52-50-48-46-44-41-39-37-35-33-31-29-27-25-23-21-19-17-15-13-11-9-7-2/h9,11,15,17,21,23,27,29,33,35,39,41,79,83H,6-8,10,12-14,16,18-20,22,24-26,28,30-32,34,36-38,40,42-78H2,1-5H3/p+1/b11-9-,17-15-,23-21-,29-27-,35-33-,41-39-. The molecule has 2 atom stereocenters. The maximum atomic E-state index is 13.0. The molecular weight excluding hydrogens is 1140 g/mol. The van der Waals surface area contributed by atoms with Gasteiger partial charge in [-0.05, 0) is 64.2 Å². The molecule has 0 bridgehead atoms. The lowest BCUT2D eigenvalue weighted by atomic mass is 10.0. The van der Waals surface area contributed by atoms with Crippen LogP contribution in [0.1, 0.15) is 380 Å². The van der Waals surface area contributed by atoms with Gasteiger partial charge in [-0.1, -0.05) is 376 Å². The number of rotatable bonds is 74. The Labute approximate surface area is 570 Å². The number of aliphatic carboxylic acids is 1. The maximum absolute atomic E-state index is 13.0. The van der Waals surface area contributed by atoms with Gasteiger partial charge in [0.2, 0.25) is 0 Å². The molecule has 0 aromatic heterocycles. The predicted octanol–water partition coefficient (Wildman–Crippen LogP) is 25.2. The van der Waals surface area contributed by atoms with Crippen molar-refractivity contribution < 1.29 is 42.9 Å². The van der Waals surface area contributed by atoms with Crippen molar-refractivity contribution >= 4 is 17.9 Å². The van der Waals surface area contributed by atoms with Crippen molar-refractivity contribution in [2.75, 3.05) is 47.5 Å². The van der Waals surface area contributed by atoms with Gasteiger partial charge in [0.25, 0.3) is 6.29 Å². The lowest BCUT2D eigenvalue weighted by molar-refractivity contribution is -0.870. The van der Waals surface area contributed by atoms with E-state index in [-0.39, 0.29) is 38.2 Å². The molecule has 2 unspecified atom stereocenters. The van der Waals surface area contributed by atoms with E-state index >= 15 is 0 Å². The molecule has 0 spiro atoms. The first-order valence-corrected chi connectivity index (χ1v) is 39.6. The minimum atomic E-state index is -1.51. The van der Waals surface area contributed by atoms with Gasteiger partial charge in [0.05, 0.1) is 34.4 Å². The van der Waals surface area contributed by atoms with Crippen molar-refractivity contribution in [1.82, 2.24) is 0 Å². The number of ether oxygens (including phenoxy) is 4. The first kappa shape index (κ1) is 88.7. The zero-order valence-corrected chi connectivity index (χ0v) is 61.5. The molecule has 9 nitrogen and oxygen atoms in total. The molecule has 0 aliphatic rings. The van der Waals surface area contributed by atoms with Crippen LogP contribution in [0, 0.1) is 0 Å². The lowest BCUT2D eigenvalue weighted by Gasteiger charge is -2.25. The largest absolute Gasteiger partial charge is 0.477 e. The molecule has 0 saturated heterocycles. The van der Waals surface area contributed by atoms with Crippen LogP contribution >= 0.6 is 0 Å². The van der Waals surface area contributed by atoms with E-state index in [1.165, 1.54) is 276 Å². The predicted molar refractivity (Wildman–Crippen MR) is 396 cm³/mol. The minimum absolute atomic E-state index is 0.179. The summed E-state index contributed by atoms with van der Waals surface area (Å²) in [5.74, 6) is -1.98. The van der Waals surface area contributed by atoms with Crippen molar-refractivity contribution in [3.8, 4) is 0 Å². The molecule has 0 radical (unpaired) electrons. The van der Waals surface area contributed by atoms with E-state index in [1.807, 2.05) is 21.1 Å². The highest BCUT2D eigenvalue weighted by atomic mass is 16.7. The molecule has 9 heteroatoms. The summed E-state index contributed by atoms with van der Waals surface area (Å²) in [7, 11) is 5.99. The highest BCUT2D eigenvalue weighted by Crippen LogP contribution is 2.20. The van der Waals surface area contributed by atoms with Gasteiger partial charge in [-0.2, -0.15) is 0 Å². The fourth-order valence-corrected chi connectivity index (χ4v) is 11.7. The van der Waals surface area contributed by atoms with E-state index < -0.39 is 18.4 Å². The van der Waals surface area contributed by atoms with Gasteiger partial charge in [0.15, 0.2) is 6.10 Å². The number of hydrogen-bond acceptors (Lipinski definition) is 7. The number of carbonyl (C=O) groups is 3. The average Bonchev–Trinajstić information content (AvgIpc) is 3.69. The van der Waals surface area contributed by atoms with Crippen molar-refractivity contribution in [3.63, 3.8) is 0 Å². The summed E-state index contributed by atoms with van der Waals surface area (Å²) in [5.41, 5.74) is 0. The van der Waals surface area contributed by atoms with Crippen LogP contribution in [0.15, 0.2) is 72.9 Å². The molecule has 0 aliphatic heterocycles. The Morgan fingerprint density at radius 2 is 0.620 bits per heavy atom. The van der Waals surface area contributed by atoms with Crippen LogP contribution in [0.2, 0.25) is 0 Å². The SMILES string of the molecule is CC/C=C\C/C=C\C/C=C\C/C=C\C/C=C\C/C=C\CCCCCCCCCCCCCCCCC(=O)OC(COC(=O)CCCCCCCCCCCCCCCCCCCCCCCCCCCCCCCCCCCC)COC(OCC[N+](C)(C)C)C(=O)O. The smallest absolute Gasteiger partial charge is 0.361 e. The first-order valence-electron chi connectivity index (χ1n) is 39.6. The van der Waals surface area contributed by atoms with Crippen LogP contribution in [0.25, 0.3) is 0 Å². The number of nitrogens with zero attached hydrogens (tertiary/aromatic N) is 1. The fraction of sp³-hybridized carbons (Fsp3) is 0.819. The number of esters is 2. The Kier molecular flexibility index (Phi) is 70.9. The molecular formula is C83H152NO8+. The van der Waals surface area contributed by atoms with Gasteiger partial charge < -0.3 is 28.5 Å². The second-order valence-electron chi connectivity index (χ2n) is 28.0. The summed E-state index contributed by atoms with van der Waals surface area (Å²) < 4.78 is 23.1. The number of likely N-dealkylation sites (N-methyl/N-ethyl adjacent to an activating group) is 1. The van der Waals surface area contributed by atoms with Crippen LogP contribution in [-0.4, -0.2) is 87.4 Å². The molecule has 0 aliphatic carbocycles. The van der Waals surface area contributed by atoms with E-state index in [0.717, 1.165) is 77.0 Å². The average molecular weight is 1290 g/mol. The second kappa shape index (κ2) is 73.5. The summed E-state index contributed by atoms with van der Waals surface area (Å²) in [6.07, 6.45) is 96.3. The number of hydrogen-bond donors (Lipinski definition) is 1. The number of allylic oxidation sites excluding steroid dienone is 12. The Bertz CT molecular complexity index is 1740. The topological polar surface area (TPSA) is 108 Å². The Morgan fingerprint density at radius 1 is 0.337 bits per heavy atom. The zero-order chi connectivity index (χ0) is 66.8. The number of quaternary nitrogens is 1. The second-order valence-corrected chi connectivity index (χ2v) is 28.0. The normalized spacial score (nSPS) is 13.0. The van der Waals surface area contributed by atoms with Gasteiger partial charge in [0, 0.05) is 12.8 Å². The van der Waals surface area contributed by atoms with E-state index in [4.69, 9.17) is 18.9 Å². The van der Waals surface area contributed by atoms with Crippen LogP contribution < -0.4 is 0 Å². The Hall–Kier alpha value is -3.27. The van der Waals surface area contributed by atoms with Crippen molar-refractivity contribution in [3.05, 3.63) is 72.9 Å². The Morgan fingerprint density at radius 3 is 0.924 bits per heavy atom. The number of carboxylic acids is 1. The summed E-state index contributed by atoms with van der Waals surface area (Å²) in [4.78, 5) is 37.7. The van der Waals surface area contributed by atoms with Crippen molar-refractivity contribution in [2.24, 2.45) is 0 Å². The third-order valence-corrected chi connectivity index (χ3v) is 17.7. The maximum Gasteiger partial charge on any atom is 0.361 e. The molecule has 0 rings (SSSR count). The number of unbranched alkanes of at least 4 members (excludes halogenated alkanes) is 47. The minimum Gasteiger partial charge on any atom is -0.477 e. The van der Waals surface area contributed by atoms with E-state index in [1.54, 1.807) is 0 Å². The lowest BCUT2D eigenvalue weighted by Crippen LogP contribution is -2.40. The molecule has 0 amide bonds. The molecule has 0 saturated carbocycles. The molecule has 0 aromatic carbocycles. The summed E-state index contributed by atoms with van der Waals surface area (Å²) in [6, 6.07) is 0. The van der Waals surface area contributed by atoms with Gasteiger partial charge in [0.1, 0.15) is 13.2 Å². The van der Waals surface area contributed by atoms with Crippen LogP contribution in [0.5, 0.6) is 0 Å². The number of carbonyl (C=O) groups excluding carboxylic acids is 2. The van der Waals surface area contributed by atoms with Gasteiger partial charge in [-0.3, -0.25) is 9.59 Å². The van der Waals surface area contributed by atoms with Crippen LogP contribution in [-0.2, 0) is 33.3 Å². The summed E-state index contributed by atoms with van der Waals surface area (Å²) >= 11 is 0. The molecule has 92 heavy (non-hydrogen) atoms. The molecule has 0 heterocycles. The van der Waals surface area contributed by atoms with Crippen LogP contribution in [0.4, 0.5) is 0 Å². The van der Waals surface area contributed by atoms with Gasteiger partial charge >= 0.3 is 17.9 Å². The molecule has 0 fully saturated rings. The van der Waals surface area contributed by atoms with E-state index in [9.17, 15) is 19.5 Å². The fourth-order valence-electron chi connectivity index (χ4n) is 11.7. The zero-order valence-electron chi connectivity index (χ0n) is 61.5. The van der Waals surface area contributed by atoms with Crippen molar-refractivity contribution in [2.45, 2.75) is 392 Å². The van der Waals surface area contributed by atoms with Gasteiger partial charge in [-0.15, -0.1) is 0 Å². The molecule has 536 valence electrons. The number of carboxylic acid groups (broad SMARTS) is 1.